The Morgan fingerprint density at radius 1 is 0.931 bits per heavy atom. The first kappa shape index (κ1) is 18.5. The van der Waals surface area contributed by atoms with Gasteiger partial charge in [-0.25, -0.2) is 0 Å². The van der Waals surface area contributed by atoms with Gasteiger partial charge in [0.15, 0.2) is 5.75 Å². The van der Waals surface area contributed by atoms with Gasteiger partial charge in [-0.15, -0.1) is 0 Å². The van der Waals surface area contributed by atoms with Crippen LogP contribution >= 0.6 is 0 Å². The van der Waals surface area contributed by atoms with Crippen LogP contribution in [0.3, 0.4) is 0 Å². The van der Waals surface area contributed by atoms with Crippen LogP contribution in [0, 0.1) is 0 Å². The number of benzene rings is 2. The highest BCUT2D eigenvalue weighted by atomic mass is 16.5. The molecule has 3 aromatic rings. The Balaban J connectivity index is 1.43. The number of aromatic nitrogens is 1. The molecule has 1 aromatic heterocycles. The van der Waals surface area contributed by atoms with Crippen molar-refractivity contribution in [2.24, 2.45) is 0 Å². The van der Waals surface area contributed by atoms with Crippen molar-refractivity contribution >= 4 is 10.9 Å². The molecular formula is C23H26N4O2. The molecule has 6 nitrogen and oxygen atoms in total. The van der Waals surface area contributed by atoms with Crippen LogP contribution in [0.2, 0.25) is 0 Å². The maximum absolute atomic E-state index is 9.65. The van der Waals surface area contributed by atoms with Crippen LogP contribution in [0.5, 0.6) is 5.75 Å². The van der Waals surface area contributed by atoms with Gasteiger partial charge >= 0.3 is 0 Å². The molecule has 6 heteroatoms. The van der Waals surface area contributed by atoms with Gasteiger partial charge in [-0.3, -0.25) is 14.8 Å². The molecule has 2 aliphatic heterocycles. The summed E-state index contributed by atoms with van der Waals surface area (Å²) in [7, 11) is 0. The van der Waals surface area contributed by atoms with Crippen molar-refractivity contribution < 1.29 is 9.94 Å². The molecule has 2 aliphatic rings. The van der Waals surface area contributed by atoms with Crippen LogP contribution in [-0.2, 0) is 19.6 Å². The second-order valence-electron chi connectivity index (χ2n) is 7.90. The molecule has 0 bridgehead atoms. The fourth-order valence-corrected chi connectivity index (χ4v) is 4.28. The fourth-order valence-electron chi connectivity index (χ4n) is 4.28. The van der Waals surface area contributed by atoms with Crippen molar-refractivity contribution in [1.82, 2.24) is 19.8 Å². The van der Waals surface area contributed by atoms with E-state index in [9.17, 15) is 5.21 Å². The molecular weight excluding hydrogens is 364 g/mol. The standard InChI is InChI=1S/C23H26N4O2/c28-27-11-9-25(10-12-27)15-19-13-20-16-26(14-18-5-2-1-3-6-18)17-29-23(20)22-21(19)7-4-8-24-22/h1-8,13,28H,9-12,14-17H2. The highest BCUT2D eigenvalue weighted by Crippen LogP contribution is 2.35. The number of ether oxygens (including phenoxy) is 1. The smallest absolute Gasteiger partial charge is 0.152 e. The molecule has 0 spiro atoms. The monoisotopic (exact) mass is 390 g/mol. The summed E-state index contributed by atoms with van der Waals surface area (Å²) >= 11 is 0. The van der Waals surface area contributed by atoms with Gasteiger partial charge in [0.25, 0.3) is 0 Å². The number of piperazine rings is 1. The average molecular weight is 390 g/mol. The van der Waals surface area contributed by atoms with E-state index < -0.39 is 0 Å². The molecule has 0 radical (unpaired) electrons. The topological polar surface area (TPSA) is 52.1 Å². The Morgan fingerprint density at radius 2 is 1.76 bits per heavy atom. The van der Waals surface area contributed by atoms with E-state index in [1.165, 1.54) is 21.8 Å². The quantitative estimate of drug-likeness (QED) is 0.739. The van der Waals surface area contributed by atoms with Crippen LogP contribution < -0.4 is 4.74 Å². The highest BCUT2D eigenvalue weighted by Gasteiger charge is 2.23. The highest BCUT2D eigenvalue weighted by molar-refractivity contribution is 5.89. The van der Waals surface area contributed by atoms with Crippen molar-refractivity contribution in [3.63, 3.8) is 0 Å². The van der Waals surface area contributed by atoms with E-state index in [2.05, 4.69) is 51.2 Å². The van der Waals surface area contributed by atoms with Gasteiger partial charge in [-0.1, -0.05) is 36.4 Å². The Labute approximate surface area is 170 Å². The normalized spacial score (nSPS) is 18.5. The second-order valence-corrected chi connectivity index (χ2v) is 7.90. The van der Waals surface area contributed by atoms with Gasteiger partial charge in [0.1, 0.15) is 12.2 Å². The Hall–Kier alpha value is -2.51. The van der Waals surface area contributed by atoms with Crippen molar-refractivity contribution in [2.75, 3.05) is 32.9 Å². The van der Waals surface area contributed by atoms with E-state index in [1.54, 1.807) is 0 Å². The third kappa shape index (κ3) is 3.97. The van der Waals surface area contributed by atoms with Crippen molar-refractivity contribution in [3.8, 4) is 5.75 Å². The van der Waals surface area contributed by atoms with Crippen molar-refractivity contribution in [2.45, 2.75) is 19.6 Å². The largest absolute Gasteiger partial charge is 0.475 e. The lowest BCUT2D eigenvalue weighted by Crippen LogP contribution is -2.44. The van der Waals surface area contributed by atoms with Gasteiger partial charge in [0.2, 0.25) is 0 Å². The molecule has 0 amide bonds. The first-order chi connectivity index (χ1) is 14.3. The summed E-state index contributed by atoms with van der Waals surface area (Å²) in [5, 5.41) is 12.2. The van der Waals surface area contributed by atoms with Gasteiger partial charge in [0.05, 0.1) is 0 Å². The number of hydrogen-bond acceptors (Lipinski definition) is 6. The van der Waals surface area contributed by atoms with E-state index in [-0.39, 0.29) is 0 Å². The molecule has 0 unspecified atom stereocenters. The SMILES string of the molecule is ON1CCN(Cc2cc3c(c4ncccc24)OCN(Cc2ccccc2)C3)CC1. The van der Waals surface area contributed by atoms with Crippen molar-refractivity contribution in [3.05, 3.63) is 71.4 Å². The van der Waals surface area contributed by atoms with Crippen LogP contribution in [0.15, 0.2) is 54.7 Å². The molecule has 0 saturated carbocycles. The van der Waals surface area contributed by atoms with Gasteiger partial charge in [-0.05, 0) is 23.3 Å². The number of hydrogen-bond donors (Lipinski definition) is 1. The summed E-state index contributed by atoms with van der Waals surface area (Å²) in [4.78, 5) is 9.37. The maximum Gasteiger partial charge on any atom is 0.152 e. The minimum atomic E-state index is 0.575. The zero-order valence-corrected chi connectivity index (χ0v) is 16.5. The fraction of sp³-hybridized carbons (Fsp3) is 0.348. The number of rotatable bonds is 4. The molecule has 0 atom stereocenters. The summed E-state index contributed by atoms with van der Waals surface area (Å²) in [6.07, 6.45) is 1.84. The van der Waals surface area contributed by atoms with Crippen LogP contribution in [-0.4, -0.2) is 58.0 Å². The summed E-state index contributed by atoms with van der Waals surface area (Å²) < 4.78 is 6.19. The van der Waals surface area contributed by atoms with Crippen LogP contribution in [0.25, 0.3) is 10.9 Å². The minimum Gasteiger partial charge on any atom is -0.475 e. The average Bonchev–Trinajstić information content (AvgIpc) is 2.76. The molecule has 150 valence electrons. The zero-order chi connectivity index (χ0) is 19.6. The second kappa shape index (κ2) is 8.08. The van der Waals surface area contributed by atoms with Gasteiger partial charge < -0.3 is 9.94 Å². The summed E-state index contributed by atoms with van der Waals surface area (Å²) in [6, 6.07) is 16.9. The van der Waals surface area contributed by atoms with Crippen LogP contribution in [0.4, 0.5) is 0 Å². The summed E-state index contributed by atoms with van der Waals surface area (Å²) in [5.41, 5.74) is 4.73. The lowest BCUT2D eigenvalue weighted by molar-refractivity contribution is -0.118. The molecule has 2 aromatic carbocycles. The lowest BCUT2D eigenvalue weighted by atomic mass is 10.0. The molecule has 1 fully saturated rings. The predicted octanol–water partition coefficient (Wildman–Crippen LogP) is 3.09. The molecule has 29 heavy (non-hydrogen) atoms. The minimum absolute atomic E-state index is 0.575. The Morgan fingerprint density at radius 3 is 2.59 bits per heavy atom. The number of pyridine rings is 1. The van der Waals surface area contributed by atoms with Gasteiger partial charge in [0, 0.05) is 63.0 Å². The van der Waals surface area contributed by atoms with E-state index in [0.717, 1.165) is 49.4 Å². The first-order valence-electron chi connectivity index (χ1n) is 10.2. The molecule has 5 rings (SSSR count). The third-order valence-electron chi connectivity index (χ3n) is 5.79. The molecule has 1 N–H and O–H groups in total. The van der Waals surface area contributed by atoms with E-state index in [4.69, 9.17) is 4.74 Å². The first-order valence-corrected chi connectivity index (χ1v) is 10.2. The Bertz CT molecular complexity index is 987. The van der Waals surface area contributed by atoms with E-state index in [1.807, 2.05) is 18.3 Å². The van der Waals surface area contributed by atoms with Gasteiger partial charge in [-0.2, -0.15) is 5.06 Å². The van der Waals surface area contributed by atoms with Crippen molar-refractivity contribution in [1.29, 1.82) is 0 Å². The number of hydroxylamine groups is 2. The predicted molar refractivity (Wildman–Crippen MR) is 112 cm³/mol. The van der Waals surface area contributed by atoms with Crippen LogP contribution in [0.1, 0.15) is 16.7 Å². The summed E-state index contributed by atoms with van der Waals surface area (Å²) in [5.74, 6) is 0.925. The Kier molecular flexibility index (Phi) is 5.16. The van der Waals surface area contributed by atoms with E-state index >= 15 is 0 Å². The number of nitrogens with zero attached hydrogens (tertiary/aromatic N) is 4. The lowest BCUT2D eigenvalue weighted by Gasteiger charge is -2.33. The van der Waals surface area contributed by atoms with E-state index in [0.29, 0.717) is 19.8 Å². The molecule has 1 saturated heterocycles. The zero-order valence-electron chi connectivity index (χ0n) is 16.5. The third-order valence-corrected chi connectivity index (χ3v) is 5.79. The number of fused-ring (bicyclic) bond motifs is 3. The summed E-state index contributed by atoms with van der Waals surface area (Å²) in [6.45, 7) is 6.28. The molecule has 0 aliphatic carbocycles. The maximum atomic E-state index is 9.65. The molecule has 3 heterocycles.